The van der Waals surface area contributed by atoms with Crippen LogP contribution >= 0.6 is 11.6 Å². The minimum atomic E-state index is -2.45. The molecular weight excluding hydrogens is 304 g/mol. The Balaban J connectivity index is 1.98. The summed E-state index contributed by atoms with van der Waals surface area (Å²) in [6.45, 7) is 0.927. The van der Waals surface area contributed by atoms with Gasteiger partial charge in [-0.2, -0.15) is 0 Å². The monoisotopic (exact) mass is 323 g/mol. The Kier molecular flexibility index (Phi) is 9.45. The summed E-state index contributed by atoms with van der Waals surface area (Å²) < 4.78 is 33.6. The van der Waals surface area contributed by atoms with E-state index >= 15 is 0 Å². The first-order valence-corrected chi connectivity index (χ1v) is 7.02. The number of hydrogen-bond donors (Lipinski definition) is 2. The molecule has 0 heterocycles. The minimum Gasteiger partial charge on any atom is -0.389 e. The van der Waals surface area contributed by atoms with Crippen LogP contribution in [0.15, 0.2) is 24.3 Å². The average molecular weight is 324 g/mol. The van der Waals surface area contributed by atoms with Gasteiger partial charge in [-0.05, 0) is 17.7 Å². The van der Waals surface area contributed by atoms with Crippen molar-refractivity contribution >= 4 is 11.6 Å². The molecule has 1 rings (SSSR count). The Bertz CT molecular complexity index is 379. The van der Waals surface area contributed by atoms with Crippen LogP contribution in [0.2, 0.25) is 5.02 Å². The summed E-state index contributed by atoms with van der Waals surface area (Å²) in [5, 5.41) is 13.2. The molecule has 1 unspecified atom stereocenters. The number of hydrogen-bond acceptors (Lipinski definition) is 4. The van der Waals surface area contributed by atoms with Crippen LogP contribution in [0.4, 0.5) is 8.78 Å². The number of aliphatic hydroxyl groups is 1. The van der Waals surface area contributed by atoms with Crippen molar-refractivity contribution in [3.8, 4) is 0 Å². The zero-order valence-corrected chi connectivity index (χ0v) is 12.4. The van der Waals surface area contributed by atoms with Gasteiger partial charge in [0.2, 0.25) is 0 Å². The van der Waals surface area contributed by atoms with Crippen LogP contribution < -0.4 is 5.32 Å². The maximum absolute atomic E-state index is 11.8. The Morgan fingerprint density at radius 2 is 1.86 bits per heavy atom. The fraction of sp³-hybridized carbons (Fsp3) is 0.571. The van der Waals surface area contributed by atoms with Gasteiger partial charge in [0.1, 0.15) is 6.61 Å². The molecule has 0 aliphatic rings. The summed E-state index contributed by atoms with van der Waals surface area (Å²) >= 11 is 5.77. The third-order valence-electron chi connectivity index (χ3n) is 2.54. The van der Waals surface area contributed by atoms with Crippen LogP contribution in [-0.4, -0.2) is 50.5 Å². The highest BCUT2D eigenvalue weighted by molar-refractivity contribution is 6.30. The number of halogens is 3. The number of rotatable bonds is 11. The smallest absolute Gasteiger partial charge is 0.261 e. The predicted molar refractivity (Wildman–Crippen MR) is 76.8 cm³/mol. The van der Waals surface area contributed by atoms with Gasteiger partial charge < -0.3 is 19.9 Å². The summed E-state index contributed by atoms with van der Waals surface area (Å²) in [5.41, 5.74) is 0.972. The van der Waals surface area contributed by atoms with Crippen molar-refractivity contribution in [3.05, 3.63) is 34.9 Å². The molecule has 0 aromatic heterocycles. The summed E-state index contributed by atoms with van der Waals surface area (Å²) in [6.07, 6.45) is -3.11. The molecular formula is C14H20ClF2NO3. The van der Waals surface area contributed by atoms with Crippen molar-refractivity contribution in [3.63, 3.8) is 0 Å². The van der Waals surface area contributed by atoms with E-state index in [2.05, 4.69) is 10.1 Å². The molecule has 0 amide bonds. The van der Waals surface area contributed by atoms with Crippen LogP contribution in [0.3, 0.4) is 0 Å². The van der Waals surface area contributed by atoms with Gasteiger partial charge >= 0.3 is 0 Å². The normalized spacial score (nSPS) is 12.8. The standard InChI is InChI=1S/C14H20ClF2NO3/c15-12-3-1-11(2-4-12)8-21-9-13(19)7-18-5-6-20-10-14(16)17/h1-4,13-14,18-19H,5-10H2. The molecule has 1 aromatic rings. The van der Waals surface area contributed by atoms with E-state index < -0.39 is 19.1 Å². The number of aliphatic hydroxyl groups excluding tert-OH is 1. The fourth-order valence-electron chi connectivity index (χ4n) is 1.54. The second-order valence-corrected chi connectivity index (χ2v) is 4.90. The van der Waals surface area contributed by atoms with Crippen molar-refractivity contribution in [1.29, 1.82) is 0 Å². The highest BCUT2D eigenvalue weighted by atomic mass is 35.5. The third kappa shape index (κ3) is 9.71. The van der Waals surface area contributed by atoms with Crippen LogP contribution in [0, 0.1) is 0 Å². The van der Waals surface area contributed by atoms with Gasteiger partial charge in [-0.15, -0.1) is 0 Å². The van der Waals surface area contributed by atoms with E-state index in [0.717, 1.165) is 5.56 Å². The van der Waals surface area contributed by atoms with Gasteiger partial charge in [-0.25, -0.2) is 8.78 Å². The first kappa shape index (κ1) is 18.3. The lowest BCUT2D eigenvalue weighted by atomic mass is 10.2. The average Bonchev–Trinajstić information content (AvgIpc) is 2.44. The van der Waals surface area contributed by atoms with E-state index in [-0.39, 0.29) is 13.2 Å². The molecule has 1 aromatic carbocycles. The number of alkyl halides is 2. The molecule has 7 heteroatoms. The molecule has 21 heavy (non-hydrogen) atoms. The van der Waals surface area contributed by atoms with Gasteiger partial charge in [0, 0.05) is 18.1 Å². The van der Waals surface area contributed by atoms with E-state index in [0.29, 0.717) is 24.7 Å². The number of nitrogens with one attached hydrogen (secondary N) is 1. The highest BCUT2D eigenvalue weighted by Crippen LogP contribution is 2.10. The SMILES string of the molecule is OC(CNCCOCC(F)F)COCc1ccc(Cl)cc1. The van der Waals surface area contributed by atoms with Crippen molar-refractivity contribution in [1.82, 2.24) is 5.32 Å². The zero-order valence-electron chi connectivity index (χ0n) is 11.6. The molecule has 1 atom stereocenters. The molecule has 0 saturated carbocycles. The topological polar surface area (TPSA) is 50.7 Å². The van der Waals surface area contributed by atoms with E-state index in [4.69, 9.17) is 16.3 Å². The molecule has 4 nitrogen and oxygen atoms in total. The second-order valence-electron chi connectivity index (χ2n) is 4.47. The Morgan fingerprint density at radius 1 is 1.14 bits per heavy atom. The van der Waals surface area contributed by atoms with Crippen molar-refractivity contribution in [2.45, 2.75) is 19.1 Å². The van der Waals surface area contributed by atoms with Gasteiger partial charge in [-0.3, -0.25) is 0 Å². The molecule has 2 N–H and O–H groups in total. The van der Waals surface area contributed by atoms with Crippen LogP contribution in [0.1, 0.15) is 5.56 Å². The first-order chi connectivity index (χ1) is 10.1. The highest BCUT2D eigenvalue weighted by Gasteiger charge is 2.05. The van der Waals surface area contributed by atoms with Gasteiger partial charge in [0.15, 0.2) is 0 Å². The van der Waals surface area contributed by atoms with Crippen LogP contribution in [0.5, 0.6) is 0 Å². The minimum absolute atomic E-state index is 0.183. The molecule has 0 aliphatic heterocycles. The van der Waals surface area contributed by atoms with Crippen molar-refractivity contribution in [2.75, 3.05) is 32.9 Å². The molecule has 0 aliphatic carbocycles. The van der Waals surface area contributed by atoms with Gasteiger partial charge in [-0.1, -0.05) is 23.7 Å². The van der Waals surface area contributed by atoms with E-state index in [1.807, 2.05) is 12.1 Å². The predicted octanol–water partition coefficient (Wildman–Crippen LogP) is 2.09. The molecule has 0 spiro atoms. The Labute approximate surface area is 128 Å². The van der Waals surface area contributed by atoms with Crippen molar-refractivity contribution in [2.24, 2.45) is 0 Å². The summed E-state index contributed by atoms with van der Waals surface area (Å²) in [4.78, 5) is 0. The third-order valence-corrected chi connectivity index (χ3v) is 2.79. The van der Waals surface area contributed by atoms with E-state index in [1.54, 1.807) is 12.1 Å². The van der Waals surface area contributed by atoms with Crippen molar-refractivity contribution < 1.29 is 23.4 Å². The zero-order chi connectivity index (χ0) is 15.5. The number of ether oxygens (including phenoxy) is 2. The molecule has 0 radical (unpaired) electrons. The van der Waals surface area contributed by atoms with Crippen LogP contribution in [-0.2, 0) is 16.1 Å². The lowest BCUT2D eigenvalue weighted by Gasteiger charge is -2.12. The Hall–Kier alpha value is -0.790. The largest absolute Gasteiger partial charge is 0.389 e. The van der Waals surface area contributed by atoms with Gasteiger partial charge in [0.05, 0.1) is 25.9 Å². The van der Waals surface area contributed by atoms with Crippen LogP contribution in [0.25, 0.3) is 0 Å². The number of benzene rings is 1. The quantitative estimate of drug-likeness (QED) is 0.612. The summed E-state index contributed by atoms with van der Waals surface area (Å²) in [6, 6.07) is 7.26. The summed E-state index contributed by atoms with van der Waals surface area (Å²) in [5.74, 6) is 0. The first-order valence-electron chi connectivity index (χ1n) is 6.65. The second kappa shape index (κ2) is 10.9. The molecule has 0 saturated heterocycles. The molecule has 0 bridgehead atoms. The molecule has 120 valence electrons. The Morgan fingerprint density at radius 3 is 2.52 bits per heavy atom. The molecule has 0 fully saturated rings. The lowest BCUT2D eigenvalue weighted by Crippen LogP contribution is -2.32. The maximum Gasteiger partial charge on any atom is 0.261 e. The summed E-state index contributed by atoms with van der Waals surface area (Å²) in [7, 11) is 0. The van der Waals surface area contributed by atoms with Gasteiger partial charge in [0.25, 0.3) is 6.43 Å². The van der Waals surface area contributed by atoms with E-state index in [1.165, 1.54) is 0 Å². The maximum atomic E-state index is 11.8. The fourth-order valence-corrected chi connectivity index (χ4v) is 1.66. The van der Waals surface area contributed by atoms with E-state index in [9.17, 15) is 13.9 Å². The lowest BCUT2D eigenvalue weighted by molar-refractivity contribution is 0.0138.